The topological polar surface area (TPSA) is 48.0 Å². The van der Waals surface area contributed by atoms with Gasteiger partial charge in [0.1, 0.15) is 11.4 Å². The Morgan fingerprint density at radius 3 is 2.81 bits per heavy atom. The van der Waals surface area contributed by atoms with E-state index in [0.717, 1.165) is 23.8 Å². The number of amides is 1. The maximum Gasteiger partial charge on any atom is 0.410 e. The third-order valence-electron chi connectivity index (χ3n) is 5.56. The average molecular weight is 359 g/mol. The van der Waals surface area contributed by atoms with Gasteiger partial charge in [-0.3, -0.25) is 0 Å². The lowest BCUT2D eigenvalue weighted by molar-refractivity contribution is -0.0584. The van der Waals surface area contributed by atoms with E-state index in [-0.39, 0.29) is 17.6 Å². The first-order chi connectivity index (χ1) is 12.3. The van der Waals surface area contributed by atoms with Gasteiger partial charge in [-0.1, -0.05) is 12.1 Å². The Kier molecular flexibility index (Phi) is 4.18. The highest BCUT2D eigenvalue weighted by molar-refractivity contribution is 5.69. The smallest absolute Gasteiger partial charge is 0.410 e. The number of carbonyl (C=O) groups excluding carboxylic acids is 1. The molecule has 0 N–H and O–H groups in total. The molecule has 0 spiro atoms. The molecular formula is C21H29NO4. The molecule has 3 aliphatic rings. The fourth-order valence-electron chi connectivity index (χ4n) is 3.93. The quantitative estimate of drug-likeness (QED) is 0.815. The highest BCUT2D eigenvalue weighted by Crippen LogP contribution is 2.46. The lowest BCUT2D eigenvalue weighted by atomic mass is 9.81. The first-order valence-corrected chi connectivity index (χ1v) is 9.62. The zero-order valence-electron chi connectivity index (χ0n) is 16.2. The summed E-state index contributed by atoms with van der Waals surface area (Å²) in [7, 11) is 0. The molecule has 0 radical (unpaired) electrons. The van der Waals surface area contributed by atoms with E-state index in [1.165, 1.54) is 18.4 Å². The van der Waals surface area contributed by atoms with Gasteiger partial charge in [-0.2, -0.15) is 0 Å². The van der Waals surface area contributed by atoms with Gasteiger partial charge in [0.2, 0.25) is 0 Å². The van der Waals surface area contributed by atoms with E-state index in [2.05, 4.69) is 19.1 Å². The highest BCUT2D eigenvalue weighted by Gasteiger charge is 2.50. The molecule has 1 saturated carbocycles. The van der Waals surface area contributed by atoms with E-state index in [1.54, 1.807) is 4.90 Å². The van der Waals surface area contributed by atoms with Crippen LogP contribution in [0.15, 0.2) is 18.2 Å². The van der Waals surface area contributed by atoms with Crippen molar-refractivity contribution < 1.29 is 19.0 Å². The Bertz CT molecular complexity index is 706. The number of benzene rings is 1. The molecule has 0 bridgehead atoms. The molecule has 0 aromatic heterocycles. The number of fused-ring (bicyclic) bond motifs is 3. The molecule has 5 heteroatoms. The fourth-order valence-corrected chi connectivity index (χ4v) is 3.93. The maximum atomic E-state index is 12.5. The Morgan fingerprint density at radius 2 is 2.12 bits per heavy atom. The Labute approximate surface area is 155 Å². The minimum atomic E-state index is -0.492. The number of ether oxygens (including phenoxy) is 3. The Morgan fingerprint density at radius 1 is 1.35 bits per heavy atom. The molecular weight excluding hydrogens is 330 g/mol. The second-order valence-electron chi connectivity index (χ2n) is 9.09. The van der Waals surface area contributed by atoms with E-state index < -0.39 is 5.60 Å². The summed E-state index contributed by atoms with van der Waals surface area (Å²) < 4.78 is 17.9. The average Bonchev–Trinajstić information content (AvgIpc) is 3.30. The molecule has 5 nitrogen and oxygen atoms in total. The maximum absolute atomic E-state index is 12.5. The number of rotatable bonds is 3. The van der Waals surface area contributed by atoms with Gasteiger partial charge in [0.15, 0.2) is 0 Å². The SMILES string of the molecule is CC(C)(C)OC(=O)N1C[C@H]2c3cccc(OCC4CC4)c3CO[C@@]2(C)C1. The van der Waals surface area contributed by atoms with Gasteiger partial charge in [0, 0.05) is 18.0 Å². The lowest BCUT2D eigenvalue weighted by Crippen LogP contribution is -2.41. The van der Waals surface area contributed by atoms with E-state index in [0.29, 0.717) is 19.7 Å². The summed E-state index contributed by atoms with van der Waals surface area (Å²) in [5, 5.41) is 0. The number of carbonyl (C=O) groups is 1. The number of hydrogen-bond donors (Lipinski definition) is 0. The summed E-state index contributed by atoms with van der Waals surface area (Å²) >= 11 is 0. The molecule has 2 heterocycles. The van der Waals surface area contributed by atoms with Crippen molar-refractivity contribution >= 4 is 6.09 Å². The van der Waals surface area contributed by atoms with Gasteiger partial charge in [-0.05, 0) is 58.1 Å². The van der Waals surface area contributed by atoms with Crippen molar-refractivity contribution in [3.8, 4) is 5.75 Å². The van der Waals surface area contributed by atoms with Crippen LogP contribution in [0.3, 0.4) is 0 Å². The largest absolute Gasteiger partial charge is 0.493 e. The van der Waals surface area contributed by atoms with E-state index >= 15 is 0 Å². The summed E-state index contributed by atoms with van der Waals surface area (Å²) in [5.41, 5.74) is 1.52. The third-order valence-corrected chi connectivity index (χ3v) is 5.56. The molecule has 2 aliphatic heterocycles. The van der Waals surface area contributed by atoms with Crippen molar-refractivity contribution in [3.63, 3.8) is 0 Å². The van der Waals surface area contributed by atoms with Crippen LogP contribution < -0.4 is 4.74 Å². The van der Waals surface area contributed by atoms with E-state index in [1.807, 2.05) is 26.8 Å². The van der Waals surface area contributed by atoms with Crippen LogP contribution in [-0.4, -0.2) is 41.9 Å². The Balaban J connectivity index is 1.55. The molecule has 0 unspecified atom stereocenters. The number of likely N-dealkylation sites (tertiary alicyclic amines) is 1. The second kappa shape index (κ2) is 6.15. The number of hydrogen-bond acceptors (Lipinski definition) is 4. The van der Waals surface area contributed by atoms with Crippen LogP contribution in [0.25, 0.3) is 0 Å². The first-order valence-electron chi connectivity index (χ1n) is 9.62. The summed E-state index contributed by atoms with van der Waals surface area (Å²) in [5.74, 6) is 1.80. The van der Waals surface area contributed by atoms with Crippen molar-refractivity contribution in [2.75, 3.05) is 19.7 Å². The molecule has 1 aromatic carbocycles. The monoisotopic (exact) mass is 359 g/mol. The first kappa shape index (κ1) is 17.7. The van der Waals surface area contributed by atoms with Crippen molar-refractivity contribution in [3.05, 3.63) is 29.3 Å². The zero-order chi connectivity index (χ0) is 18.5. The predicted molar refractivity (Wildman–Crippen MR) is 98.4 cm³/mol. The summed E-state index contributed by atoms with van der Waals surface area (Å²) in [6.45, 7) is 10.3. The van der Waals surface area contributed by atoms with Gasteiger partial charge in [-0.25, -0.2) is 4.79 Å². The second-order valence-corrected chi connectivity index (χ2v) is 9.09. The van der Waals surface area contributed by atoms with Gasteiger partial charge in [-0.15, -0.1) is 0 Å². The van der Waals surface area contributed by atoms with Crippen molar-refractivity contribution in [1.82, 2.24) is 4.90 Å². The van der Waals surface area contributed by atoms with E-state index in [4.69, 9.17) is 14.2 Å². The number of nitrogens with zero attached hydrogens (tertiary/aromatic N) is 1. The summed E-state index contributed by atoms with van der Waals surface area (Å²) in [6.07, 6.45) is 2.29. The van der Waals surface area contributed by atoms with Crippen LogP contribution >= 0.6 is 0 Å². The van der Waals surface area contributed by atoms with Gasteiger partial charge in [0.05, 0.1) is 25.4 Å². The van der Waals surface area contributed by atoms with Crippen LogP contribution in [0.1, 0.15) is 57.6 Å². The molecule has 26 heavy (non-hydrogen) atoms. The third kappa shape index (κ3) is 3.41. The minimum absolute atomic E-state index is 0.142. The molecule has 1 aliphatic carbocycles. The van der Waals surface area contributed by atoms with Crippen LogP contribution in [0.4, 0.5) is 4.79 Å². The summed E-state index contributed by atoms with van der Waals surface area (Å²) in [4.78, 5) is 14.3. The van der Waals surface area contributed by atoms with Crippen LogP contribution in [-0.2, 0) is 16.1 Å². The highest BCUT2D eigenvalue weighted by atomic mass is 16.6. The van der Waals surface area contributed by atoms with Crippen LogP contribution in [0.2, 0.25) is 0 Å². The fraction of sp³-hybridized carbons (Fsp3) is 0.667. The van der Waals surface area contributed by atoms with Gasteiger partial charge < -0.3 is 19.1 Å². The standard InChI is InChI=1S/C21H29NO4/c1-20(2,3)26-19(23)22-10-17-15-6-5-7-18(24-11-14-8-9-14)16(15)12-25-21(17,4)13-22/h5-7,14,17H,8-13H2,1-4H3/t17-,21-/m0/s1. The molecule has 142 valence electrons. The van der Waals surface area contributed by atoms with E-state index in [9.17, 15) is 4.79 Å². The molecule has 4 rings (SSSR count). The van der Waals surface area contributed by atoms with Crippen molar-refractivity contribution in [2.45, 2.75) is 64.3 Å². The van der Waals surface area contributed by atoms with Crippen molar-refractivity contribution in [2.24, 2.45) is 5.92 Å². The molecule has 1 amide bonds. The van der Waals surface area contributed by atoms with Crippen LogP contribution in [0.5, 0.6) is 5.75 Å². The normalized spacial score (nSPS) is 27.7. The molecule has 2 fully saturated rings. The van der Waals surface area contributed by atoms with Gasteiger partial charge >= 0.3 is 6.09 Å². The summed E-state index contributed by atoms with van der Waals surface area (Å²) in [6, 6.07) is 6.25. The predicted octanol–water partition coefficient (Wildman–Crippen LogP) is 4.10. The lowest BCUT2D eigenvalue weighted by Gasteiger charge is -2.37. The minimum Gasteiger partial charge on any atom is -0.493 e. The molecule has 2 atom stereocenters. The van der Waals surface area contributed by atoms with Crippen molar-refractivity contribution in [1.29, 1.82) is 0 Å². The molecule has 1 saturated heterocycles. The Hall–Kier alpha value is -1.75. The van der Waals surface area contributed by atoms with Crippen LogP contribution in [0, 0.1) is 5.92 Å². The van der Waals surface area contributed by atoms with Gasteiger partial charge in [0.25, 0.3) is 0 Å². The zero-order valence-corrected chi connectivity index (χ0v) is 16.2. The molecule has 1 aromatic rings.